The first-order chi connectivity index (χ1) is 22.4. The number of hydrogen-bond acceptors (Lipinski definition) is 4. The maximum absolute atomic E-state index is 14.2. The number of likely N-dealkylation sites (tertiary alicyclic amines) is 3. The van der Waals surface area contributed by atoms with Gasteiger partial charge in [0.25, 0.3) is 0 Å². The van der Waals surface area contributed by atoms with E-state index < -0.39 is 0 Å². The molecule has 4 amide bonds. The molecule has 2 aromatic rings. The predicted molar refractivity (Wildman–Crippen MR) is 180 cm³/mol. The number of para-hydroxylation sites is 1. The molecule has 4 heterocycles. The first-order valence-electron chi connectivity index (χ1n) is 17.9. The fourth-order valence-corrected chi connectivity index (χ4v) is 8.92. The quantitative estimate of drug-likeness (QED) is 0.451. The van der Waals surface area contributed by atoms with Gasteiger partial charge in [0.1, 0.15) is 0 Å². The number of urea groups is 1. The third-order valence-corrected chi connectivity index (χ3v) is 11.8. The van der Waals surface area contributed by atoms with Crippen molar-refractivity contribution >= 4 is 23.5 Å². The Labute approximate surface area is 274 Å². The van der Waals surface area contributed by atoms with E-state index in [0.717, 1.165) is 68.8 Å². The Hall–Kier alpha value is -3.39. The van der Waals surface area contributed by atoms with Gasteiger partial charge in [0.15, 0.2) is 0 Å². The molecular formula is C38H51N5O3. The number of nitrogens with one attached hydrogen (secondary N) is 1. The number of carbonyl (C=O) groups excluding carboxylic acids is 3. The van der Waals surface area contributed by atoms with Crippen molar-refractivity contribution in [2.24, 2.45) is 17.8 Å². The number of hydrogen-bond donors (Lipinski definition) is 1. The summed E-state index contributed by atoms with van der Waals surface area (Å²) >= 11 is 0. The van der Waals surface area contributed by atoms with E-state index in [1.54, 1.807) is 0 Å². The van der Waals surface area contributed by atoms with Gasteiger partial charge in [-0.3, -0.25) is 9.59 Å². The van der Waals surface area contributed by atoms with Crippen molar-refractivity contribution < 1.29 is 14.4 Å². The lowest BCUT2D eigenvalue weighted by Gasteiger charge is -2.41. The number of fused-ring (bicyclic) bond motifs is 2. The van der Waals surface area contributed by atoms with E-state index in [-0.39, 0.29) is 36.2 Å². The zero-order valence-electron chi connectivity index (χ0n) is 27.6. The number of amides is 4. The largest absolute Gasteiger partial charge is 0.343 e. The molecule has 1 N–H and O–H groups in total. The van der Waals surface area contributed by atoms with Gasteiger partial charge in [-0.25, -0.2) is 4.79 Å². The van der Waals surface area contributed by atoms with E-state index in [0.29, 0.717) is 32.0 Å². The number of rotatable bonds is 7. The number of aryl methyl sites for hydroxylation is 2. The lowest BCUT2D eigenvalue weighted by atomic mass is 9.78. The first kappa shape index (κ1) is 31.2. The standard InChI is InChI=1S/C38H51N5O3/c1-40-17-11-29(12-18-40)30-13-19-42(20-14-30)37(45)33(24-27-9-10-28-6-4-7-31(28)23-27)25-36(44)41-21-15-34(16-22-41)43-26-32-5-2-3-8-35(32)39-38(43)46/h2-3,5,8-10,23,29-30,33-34H,4,6-7,11-22,24-26H2,1H3,(H,39,46). The highest BCUT2D eigenvalue weighted by atomic mass is 16.2. The summed E-state index contributed by atoms with van der Waals surface area (Å²) < 4.78 is 0. The molecule has 1 unspecified atom stereocenters. The lowest BCUT2D eigenvalue weighted by Crippen LogP contribution is -2.51. The smallest absolute Gasteiger partial charge is 0.322 e. The molecule has 46 heavy (non-hydrogen) atoms. The van der Waals surface area contributed by atoms with Crippen LogP contribution in [-0.4, -0.2) is 89.8 Å². The molecule has 246 valence electrons. The van der Waals surface area contributed by atoms with E-state index >= 15 is 0 Å². The van der Waals surface area contributed by atoms with Crippen molar-refractivity contribution in [3.63, 3.8) is 0 Å². The summed E-state index contributed by atoms with van der Waals surface area (Å²) in [7, 11) is 2.22. The van der Waals surface area contributed by atoms with E-state index in [1.165, 1.54) is 49.0 Å². The van der Waals surface area contributed by atoms with Gasteiger partial charge in [0, 0.05) is 50.9 Å². The van der Waals surface area contributed by atoms with Crippen molar-refractivity contribution in [2.45, 2.75) is 83.2 Å². The van der Waals surface area contributed by atoms with Crippen LogP contribution in [0.2, 0.25) is 0 Å². The third kappa shape index (κ3) is 6.83. The maximum atomic E-state index is 14.2. The summed E-state index contributed by atoms with van der Waals surface area (Å²) in [6.45, 7) is 5.85. The Balaban J connectivity index is 0.982. The Morgan fingerprint density at radius 2 is 1.48 bits per heavy atom. The number of piperidine rings is 3. The Morgan fingerprint density at radius 1 is 0.804 bits per heavy atom. The van der Waals surface area contributed by atoms with Crippen LogP contribution in [0.4, 0.5) is 10.5 Å². The van der Waals surface area contributed by atoms with E-state index in [9.17, 15) is 14.4 Å². The molecule has 8 nitrogen and oxygen atoms in total. The van der Waals surface area contributed by atoms with Gasteiger partial charge in [-0.2, -0.15) is 0 Å². The molecule has 0 bridgehead atoms. The summed E-state index contributed by atoms with van der Waals surface area (Å²) in [6.07, 6.45) is 10.6. The highest BCUT2D eigenvalue weighted by molar-refractivity contribution is 5.92. The van der Waals surface area contributed by atoms with Gasteiger partial charge in [-0.1, -0.05) is 36.4 Å². The van der Waals surface area contributed by atoms with E-state index in [2.05, 4.69) is 46.4 Å². The van der Waals surface area contributed by atoms with Gasteiger partial charge >= 0.3 is 6.03 Å². The Morgan fingerprint density at radius 3 is 2.24 bits per heavy atom. The van der Waals surface area contributed by atoms with Gasteiger partial charge in [-0.15, -0.1) is 0 Å². The molecule has 3 fully saturated rings. The Kier molecular flexibility index (Phi) is 9.34. The highest BCUT2D eigenvalue weighted by Gasteiger charge is 2.36. The van der Waals surface area contributed by atoms with Crippen LogP contribution in [0.1, 0.15) is 73.6 Å². The van der Waals surface area contributed by atoms with Crippen LogP contribution < -0.4 is 5.32 Å². The summed E-state index contributed by atoms with van der Waals surface area (Å²) in [4.78, 5) is 49.3. The molecule has 2 aromatic carbocycles. The highest BCUT2D eigenvalue weighted by Crippen LogP contribution is 2.34. The van der Waals surface area contributed by atoms with Crippen LogP contribution in [0.3, 0.4) is 0 Å². The van der Waals surface area contributed by atoms with Crippen LogP contribution in [-0.2, 0) is 35.4 Å². The predicted octanol–water partition coefficient (Wildman–Crippen LogP) is 5.34. The molecule has 1 aliphatic carbocycles. The monoisotopic (exact) mass is 625 g/mol. The van der Waals surface area contributed by atoms with Crippen LogP contribution in [0.5, 0.6) is 0 Å². The van der Waals surface area contributed by atoms with Crippen molar-refractivity contribution in [3.8, 4) is 0 Å². The summed E-state index contributed by atoms with van der Waals surface area (Å²) in [5.74, 6) is 1.40. The van der Waals surface area contributed by atoms with Gasteiger partial charge in [0.2, 0.25) is 11.8 Å². The average Bonchev–Trinajstić information content (AvgIpc) is 3.56. The van der Waals surface area contributed by atoms with Crippen LogP contribution in [0.25, 0.3) is 0 Å². The van der Waals surface area contributed by atoms with Gasteiger partial charge in [-0.05, 0) is 125 Å². The number of nitrogens with zero attached hydrogens (tertiary/aromatic N) is 4. The molecule has 0 spiro atoms. The molecule has 5 aliphatic rings. The molecule has 0 saturated carbocycles. The van der Waals surface area contributed by atoms with Crippen molar-refractivity contribution in [2.75, 3.05) is 51.6 Å². The van der Waals surface area contributed by atoms with E-state index in [1.807, 2.05) is 28.0 Å². The van der Waals surface area contributed by atoms with Gasteiger partial charge in [0.05, 0.1) is 5.92 Å². The third-order valence-electron chi connectivity index (χ3n) is 11.8. The zero-order chi connectivity index (χ0) is 31.6. The molecule has 0 aromatic heterocycles. The van der Waals surface area contributed by atoms with E-state index in [4.69, 9.17) is 0 Å². The number of anilines is 1. The SMILES string of the molecule is CN1CCC(C2CCN(C(=O)C(CC(=O)N3CCC(N4Cc5ccccc5NC4=O)CC3)Cc3ccc4c(c3)CCC4)CC2)CC1. The normalized spacial score (nSPS) is 22.4. The summed E-state index contributed by atoms with van der Waals surface area (Å²) in [6, 6.07) is 14.7. The van der Waals surface area contributed by atoms with Crippen molar-refractivity contribution in [1.29, 1.82) is 0 Å². The van der Waals surface area contributed by atoms with Crippen molar-refractivity contribution in [1.82, 2.24) is 19.6 Å². The average molecular weight is 626 g/mol. The van der Waals surface area contributed by atoms with Crippen LogP contribution in [0.15, 0.2) is 42.5 Å². The molecule has 3 saturated heterocycles. The first-order valence-corrected chi connectivity index (χ1v) is 17.9. The minimum absolute atomic E-state index is 0.0527. The number of benzene rings is 2. The fourth-order valence-electron chi connectivity index (χ4n) is 8.92. The maximum Gasteiger partial charge on any atom is 0.322 e. The molecule has 8 heteroatoms. The fraction of sp³-hybridized carbons (Fsp3) is 0.605. The lowest BCUT2D eigenvalue weighted by molar-refractivity contribution is -0.143. The van der Waals surface area contributed by atoms with Crippen LogP contribution in [0, 0.1) is 17.8 Å². The molecule has 1 atom stereocenters. The topological polar surface area (TPSA) is 76.2 Å². The Bertz CT molecular complexity index is 1420. The van der Waals surface area contributed by atoms with Crippen LogP contribution >= 0.6 is 0 Å². The second kappa shape index (κ2) is 13.8. The minimum atomic E-state index is -0.339. The molecule has 7 rings (SSSR count). The second-order valence-electron chi connectivity index (χ2n) is 14.7. The molecular weight excluding hydrogens is 574 g/mol. The molecule has 4 aliphatic heterocycles. The van der Waals surface area contributed by atoms with Crippen molar-refractivity contribution in [3.05, 3.63) is 64.7 Å². The summed E-state index contributed by atoms with van der Waals surface area (Å²) in [5.41, 5.74) is 6.06. The van der Waals surface area contributed by atoms with Gasteiger partial charge < -0.3 is 24.9 Å². The molecule has 0 radical (unpaired) electrons. The second-order valence-corrected chi connectivity index (χ2v) is 14.7. The summed E-state index contributed by atoms with van der Waals surface area (Å²) in [5, 5.41) is 3.03. The zero-order valence-corrected chi connectivity index (χ0v) is 27.6. The number of carbonyl (C=O) groups is 3. The minimum Gasteiger partial charge on any atom is -0.343 e.